The molecular weight excluding hydrogens is 298 g/mol. The van der Waals surface area contributed by atoms with Gasteiger partial charge in [-0.1, -0.05) is 21.1 Å². The average molecular weight is 314 g/mol. The summed E-state index contributed by atoms with van der Waals surface area (Å²) in [6, 6.07) is 7.17. The Morgan fingerprint density at radius 1 is 1.33 bits per heavy atom. The molecule has 6 heteroatoms. The zero-order valence-corrected chi connectivity index (χ0v) is 11.5. The first-order valence-electron chi connectivity index (χ1n) is 5.63. The fourth-order valence-electron chi connectivity index (χ4n) is 1.39. The second kappa shape index (κ2) is 7.71. The Labute approximate surface area is 114 Å². The number of hydrogen-bond donors (Lipinski definition) is 3. The Kier molecular flexibility index (Phi) is 6.21. The summed E-state index contributed by atoms with van der Waals surface area (Å²) in [4.78, 5) is 11.7. The predicted octanol–water partition coefficient (Wildman–Crippen LogP) is 2.10. The smallest absolute Gasteiger partial charge is 0.251 e. The van der Waals surface area contributed by atoms with Gasteiger partial charge in [0.1, 0.15) is 5.84 Å². The summed E-state index contributed by atoms with van der Waals surface area (Å²) in [6.45, 7) is 0.577. The van der Waals surface area contributed by atoms with Crippen molar-refractivity contribution in [1.29, 1.82) is 0 Å². The third-order valence-corrected chi connectivity index (χ3v) is 2.91. The van der Waals surface area contributed by atoms with Crippen molar-refractivity contribution in [2.75, 3.05) is 6.54 Å². The number of oxime groups is 1. The van der Waals surface area contributed by atoms with Crippen molar-refractivity contribution < 1.29 is 10.0 Å². The van der Waals surface area contributed by atoms with E-state index in [0.29, 0.717) is 18.5 Å². The van der Waals surface area contributed by atoms with E-state index in [2.05, 4.69) is 26.4 Å². The van der Waals surface area contributed by atoms with Crippen molar-refractivity contribution in [3.63, 3.8) is 0 Å². The molecule has 5 nitrogen and oxygen atoms in total. The quantitative estimate of drug-likeness (QED) is 0.247. The fourth-order valence-corrected chi connectivity index (χ4v) is 1.65. The van der Waals surface area contributed by atoms with E-state index >= 15 is 0 Å². The molecule has 0 heterocycles. The highest BCUT2D eigenvalue weighted by Gasteiger charge is 2.03. The van der Waals surface area contributed by atoms with Crippen molar-refractivity contribution in [3.8, 4) is 0 Å². The number of rotatable bonds is 6. The van der Waals surface area contributed by atoms with Gasteiger partial charge in [0.15, 0.2) is 0 Å². The summed E-state index contributed by atoms with van der Waals surface area (Å²) in [5.41, 5.74) is 5.96. The largest absolute Gasteiger partial charge is 0.409 e. The first-order valence-corrected chi connectivity index (χ1v) is 6.43. The van der Waals surface area contributed by atoms with Crippen LogP contribution in [0.2, 0.25) is 0 Å². The van der Waals surface area contributed by atoms with Gasteiger partial charge in [0, 0.05) is 23.0 Å². The van der Waals surface area contributed by atoms with Crippen molar-refractivity contribution in [2.24, 2.45) is 10.9 Å². The van der Waals surface area contributed by atoms with Crippen molar-refractivity contribution in [2.45, 2.75) is 19.3 Å². The number of amidine groups is 1. The minimum Gasteiger partial charge on any atom is -0.409 e. The Balaban J connectivity index is 2.23. The molecule has 1 aromatic carbocycles. The second-order valence-electron chi connectivity index (χ2n) is 3.81. The third kappa shape index (κ3) is 5.18. The number of nitrogens with two attached hydrogens (primary N) is 1. The first kappa shape index (κ1) is 14.5. The Morgan fingerprint density at radius 2 is 2.00 bits per heavy atom. The lowest BCUT2D eigenvalue weighted by atomic mass is 10.2. The van der Waals surface area contributed by atoms with Crippen LogP contribution in [0.1, 0.15) is 29.6 Å². The Morgan fingerprint density at radius 3 is 2.61 bits per heavy atom. The maximum atomic E-state index is 11.7. The molecule has 1 aromatic rings. The molecule has 0 bridgehead atoms. The van der Waals surface area contributed by atoms with Gasteiger partial charge in [-0.15, -0.1) is 0 Å². The summed E-state index contributed by atoms with van der Waals surface area (Å²) < 4.78 is 0.942. The van der Waals surface area contributed by atoms with Crippen LogP contribution in [0.5, 0.6) is 0 Å². The fraction of sp³-hybridized carbons (Fsp3) is 0.333. The monoisotopic (exact) mass is 313 g/mol. The zero-order chi connectivity index (χ0) is 13.4. The Bertz CT molecular complexity index is 418. The highest BCUT2D eigenvalue weighted by atomic mass is 79.9. The van der Waals surface area contributed by atoms with Gasteiger partial charge in [0.25, 0.3) is 5.91 Å². The van der Waals surface area contributed by atoms with Gasteiger partial charge in [0.2, 0.25) is 0 Å². The van der Waals surface area contributed by atoms with E-state index in [0.717, 1.165) is 17.3 Å². The molecule has 4 N–H and O–H groups in total. The molecule has 0 aliphatic heterocycles. The summed E-state index contributed by atoms with van der Waals surface area (Å²) >= 11 is 3.31. The van der Waals surface area contributed by atoms with E-state index < -0.39 is 0 Å². The van der Waals surface area contributed by atoms with Crippen LogP contribution in [0.4, 0.5) is 0 Å². The minimum absolute atomic E-state index is 0.0914. The maximum absolute atomic E-state index is 11.7. The average Bonchev–Trinajstić information content (AvgIpc) is 2.38. The second-order valence-corrected chi connectivity index (χ2v) is 4.73. The van der Waals surface area contributed by atoms with Crippen LogP contribution in [0.3, 0.4) is 0 Å². The molecule has 0 aromatic heterocycles. The standard InChI is InChI=1S/C12H16BrN3O2/c13-10-6-4-9(5-7-10)12(17)15-8-2-1-3-11(14)16-18/h4-7,18H,1-3,8H2,(H2,14,16)(H,15,17). The highest BCUT2D eigenvalue weighted by Crippen LogP contribution is 2.10. The SMILES string of the molecule is NC(CCCCNC(=O)c1ccc(Br)cc1)=NO. The number of hydrogen-bond acceptors (Lipinski definition) is 3. The van der Waals surface area contributed by atoms with E-state index in [1.807, 2.05) is 12.1 Å². The molecule has 0 aliphatic rings. The van der Waals surface area contributed by atoms with E-state index in [1.165, 1.54) is 0 Å². The van der Waals surface area contributed by atoms with Gasteiger partial charge in [-0.05, 0) is 37.1 Å². The van der Waals surface area contributed by atoms with E-state index in [4.69, 9.17) is 10.9 Å². The van der Waals surface area contributed by atoms with E-state index in [-0.39, 0.29) is 11.7 Å². The predicted molar refractivity (Wildman–Crippen MR) is 73.7 cm³/mol. The van der Waals surface area contributed by atoms with Crippen LogP contribution in [-0.4, -0.2) is 23.5 Å². The molecule has 0 fully saturated rings. The lowest BCUT2D eigenvalue weighted by molar-refractivity contribution is 0.0953. The molecule has 0 aliphatic carbocycles. The Hall–Kier alpha value is -1.56. The number of amides is 1. The van der Waals surface area contributed by atoms with Gasteiger partial charge in [0.05, 0.1) is 0 Å². The maximum Gasteiger partial charge on any atom is 0.251 e. The molecule has 0 unspecified atom stereocenters. The van der Waals surface area contributed by atoms with Crippen molar-refractivity contribution >= 4 is 27.7 Å². The van der Waals surface area contributed by atoms with Crippen molar-refractivity contribution in [1.82, 2.24) is 5.32 Å². The number of benzene rings is 1. The first-order chi connectivity index (χ1) is 8.63. The van der Waals surface area contributed by atoms with Gasteiger partial charge in [-0.3, -0.25) is 4.79 Å². The van der Waals surface area contributed by atoms with Crippen LogP contribution in [0.25, 0.3) is 0 Å². The van der Waals surface area contributed by atoms with Crippen LogP contribution in [-0.2, 0) is 0 Å². The number of halogens is 1. The van der Waals surface area contributed by atoms with Gasteiger partial charge < -0.3 is 16.3 Å². The molecule has 0 spiro atoms. The molecule has 98 valence electrons. The van der Waals surface area contributed by atoms with Gasteiger partial charge in [-0.2, -0.15) is 0 Å². The highest BCUT2D eigenvalue weighted by molar-refractivity contribution is 9.10. The zero-order valence-electron chi connectivity index (χ0n) is 9.90. The number of carbonyl (C=O) groups excluding carboxylic acids is 1. The minimum atomic E-state index is -0.0914. The summed E-state index contributed by atoms with van der Waals surface area (Å²) in [5, 5.41) is 14.0. The number of carbonyl (C=O) groups is 1. The summed E-state index contributed by atoms with van der Waals surface area (Å²) in [5.74, 6) is 0.125. The van der Waals surface area contributed by atoms with Crippen molar-refractivity contribution in [3.05, 3.63) is 34.3 Å². The number of unbranched alkanes of at least 4 members (excludes halogenated alkanes) is 1. The topological polar surface area (TPSA) is 87.7 Å². The lowest BCUT2D eigenvalue weighted by Gasteiger charge is -2.05. The molecule has 0 atom stereocenters. The van der Waals surface area contributed by atoms with Gasteiger partial charge in [-0.25, -0.2) is 0 Å². The van der Waals surface area contributed by atoms with E-state index in [1.54, 1.807) is 12.1 Å². The number of nitrogens with zero attached hydrogens (tertiary/aromatic N) is 1. The molecule has 1 rings (SSSR count). The molecule has 1 amide bonds. The van der Waals surface area contributed by atoms with E-state index in [9.17, 15) is 4.79 Å². The van der Waals surface area contributed by atoms with Crippen LogP contribution in [0, 0.1) is 0 Å². The van der Waals surface area contributed by atoms with Gasteiger partial charge >= 0.3 is 0 Å². The lowest BCUT2D eigenvalue weighted by Crippen LogP contribution is -2.24. The summed E-state index contributed by atoms with van der Waals surface area (Å²) in [6.07, 6.45) is 2.10. The number of nitrogens with one attached hydrogen (secondary N) is 1. The third-order valence-electron chi connectivity index (χ3n) is 2.38. The molecular formula is C12H16BrN3O2. The molecule has 0 radical (unpaired) electrons. The van der Waals surface area contributed by atoms with Crippen LogP contribution < -0.4 is 11.1 Å². The normalized spacial score (nSPS) is 11.3. The summed E-state index contributed by atoms with van der Waals surface area (Å²) in [7, 11) is 0. The van der Waals surface area contributed by atoms with Crippen LogP contribution >= 0.6 is 15.9 Å². The molecule has 0 saturated carbocycles. The van der Waals surface area contributed by atoms with Crippen LogP contribution in [0.15, 0.2) is 33.9 Å². The molecule has 18 heavy (non-hydrogen) atoms. The molecule has 0 saturated heterocycles.